The largest absolute Gasteiger partial charge is 0.490 e. The number of nitrogens with zero attached hydrogens (tertiary/aromatic N) is 2. The summed E-state index contributed by atoms with van der Waals surface area (Å²) >= 11 is 0. The molecule has 1 heterocycles. The molecule has 3 amide bonds. The molecule has 2 rings (SSSR count). The summed E-state index contributed by atoms with van der Waals surface area (Å²) in [5, 5.41) is 2.45. The molecule has 0 aliphatic carbocycles. The topological polar surface area (TPSA) is 131 Å². The number of carbonyl (C=O) groups is 4. The molecule has 0 saturated carbocycles. The average molecular weight is 434 g/mol. The summed E-state index contributed by atoms with van der Waals surface area (Å²) < 4.78 is 11.2. The average Bonchev–Trinajstić information content (AvgIpc) is 3.02. The molecule has 0 saturated heterocycles. The number of rotatable bonds is 14. The van der Waals surface area contributed by atoms with Gasteiger partial charge in [0.25, 0.3) is 11.8 Å². The molecule has 10 nitrogen and oxygen atoms in total. The van der Waals surface area contributed by atoms with Crippen molar-refractivity contribution >= 4 is 24.0 Å². The van der Waals surface area contributed by atoms with Crippen molar-refractivity contribution in [3.05, 3.63) is 29.3 Å². The molecule has 1 aliphatic rings. The molecule has 0 fully saturated rings. The van der Waals surface area contributed by atoms with E-state index < -0.39 is 17.9 Å². The highest BCUT2D eigenvalue weighted by Crippen LogP contribution is 2.32. The Morgan fingerprint density at radius 1 is 1.23 bits per heavy atom. The van der Waals surface area contributed by atoms with E-state index in [9.17, 15) is 19.2 Å². The normalized spacial score (nSPS) is 14.0. The molecule has 31 heavy (non-hydrogen) atoms. The van der Waals surface area contributed by atoms with Crippen LogP contribution in [0.25, 0.3) is 0 Å². The smallest absolute Gasteiger partial charge is 0.265 e. The molecular weight excluding hydrogens is 404 g/mol. The van der Waals surface area contributed by atoms with Crippen LogP contribution in [0, 0.1) is 0 Å². The third-order valence-electron chi connectivity index (χ3n) is 4.96. The molecule has 0 spiro atoms. The molecule has 170 valence electrons. The number of hydrogen-bond donors (Lipinski definition) is 2. The number of hydrogen-bond acceptors (Lipinski definition) is 8. The second-order valence-electron chi connectivity index (χ2n) is 7.13. The molecule has 3 N–H and O–H groups in total. The number of ether oxygens (including phenoxy) is 2. The minimum absolute atomic E-state index is 0.0223. The highest BCUT2D eigenvalue weighted by atomic mass is 16.5. The fourth-order valence-electron chi connectivity index (χ4n) is 3.22. The summed E-state index contributed by atoms with van der Waals surface area (Å²) in [5.74, 6) is -1.19. The predicted molar refractivity (Wildman–Crippen MR) is 113 cm³/mol. The summed E-state index contributed by atoms with van der Waals surface area (Å²) in [7, 11) is 3.43. The quantitative estimate of drug-likeness (QED) is 0.231. The van der Waals surface area contributed by atoms with Gasteiger partial charge in [-0.25, -0.2) is 0 Å². The number of nitrogens with two attached hydrogens (primary N) is 1. The Kier molecular flexibility index (Phi) is 9.57. The molecule has 1 aliphatic heterocycles. The maximum atomic E-state index is 12.9. The van der Waals surface area contributed by atoms with Gasteiger partial charge in [-0.3, -0.25) is 19.3 Å². The van der Waals surface area contributed by atoms with E-state index in [1.54, 1.807) is 12.1 Å². The molecule has 10 heteroatoms. The van der Waals surface area contributed by atoms with Gasteiger partial charge < -0.3 is 30.2 Å². The van der Waals surface area contributed by atoms with E-state index in [2.05, 4.69) is 10.2 Å². The lowest BCUT2D eigenvalue weighted by molar-refractivity contribution is -0.121. The number of nitrogens with one attached hydrogen (secondary N) is 1. The molecule has 0 bridgehead atoms. The molecule has 0 radical (unpaired) electrons. The van der Waals surface area contributed by atoms with Gasteiger partial charge in [-0.1, -0.05) is 6.07 Å². The summed E-state index contributed by atoms with van der Waals surface area (Å²) in [6.45, 7) is 3.14. The summed E-state index contributed by atoms with van der Waals surface area (Å²) in [6.07, 6.45) is 0.590. The SMILES string of the molecule is CNC(=O)CCC(C=O)N1C(=O)c2cccc(OCCOCCN(C)CCN)c2C1=O. The first kappa shape index (κ1) is 24.4. The van der Waals surface area contributed by atoms with Crippen molar-refractivity contribution in [2.75, 3.05) is 53.6 Å². The van der Waals surface area contributed by atoms with E-state index >= 15 is 0 Å². The van der Waals surface area contributed by atoms with Crippen LogP contribution in [-0.4, -0.2) is 93.4 Å². The lowest BCUT2D eigenvalue weighted by Crippen LogP contribution is -2.41. The van der Waals surface area contributed by atoms with Crippen molar-refractivity contribution in [1.29, 1.82) is 0 Å². The number of likely N-dealkylation sites (N-methyl/N-ethyl adjacent to an activating group) is 1. The lowest BCUT2D eigenvalue weighted by atomic mass is 10.1. The Bertz CT molecular complexity index is 800. The Morgan fingerprint density at radius 3 is 2.68 bits per heavy atom. The van der Waals surface area contributed by atoms with Gasteiger partial charge in [-0.05, 0) is 25.6 Å². The monoisotopic (exact) mass is 434 g/mol. The van der Waals surface area contributed by atoms with Crippen LogP contribution in [0.3, 0.4) is 0 Å². The zero-order valence-electron chi connectivity index (χ0n) is 18.0. The van der Waals surface area contributed by atoms with Crippen LogP contribution in [-0.2, 0) is 14.3 Å². The molecule has 1 aromatic carbocycles. The highest BCUT2D eigenvalue weighted by molar-refractivity contribution is 6.23. The Balaban J connectivity index is 1.97. The van der Waals surface area contributed by atoms with Gasteiger partial charge in [0.05, 0.1) is 30.4 Å². The van der Waals surface area contributed by atoms with Gasteiger partial charge in [-0.2, -0.15) is 0 Å². The van der Waals surface area contributed by atoms with E-state index in [0.717, 1.165) is 18.0 Å². The molecular formula is C21H30N4O6. The summed E-state index contributed by atoms with van der Waals surface area (Å²) in [4.78, 5) is 51.7. The first-order valence-electron chi connectivity index (χ1n) is 10.2. The second kappa shape index (κ2) is 12.1. The van der Waals surface area contributed by atoms with Crippen molar-refractivity contribution in [1.82, 2.24) is 15.1 Å². The van der Waals surface area contributed by atoms with Crippen molar-refractivity contribution in [3.63, 3.8) is 0 Å². The Morgan fingerprint density at radius 2 is 2.00 bits per heavy atom. The molecule has 1 unspecified atom stereocenters. The van der Waals surface area contributed by atoms with Crippen molar-refractivity contribution in [3.8, 4) is 5.75 Å². The number of benzene rings is 1. The van der Waals surface area contributed by atoms with E-state index in [-0.39, 0.29) is 42.2 Å². The van der Waals surface area contributed by atoms with Gasteiger partial charge in [0.1, 0.15) is 18.6 Å². The number of imide groups is 1. The zero-order valence-corrected chi connectivity index (χ0v) is 18.0. The van der Waals surface area contributed by atoms with E-state index in [4.69, 9.17) is 15.2 Å². The number of amides is 3. The van der Waals surface area contributed by atoms with Crippen LogP contribution in [0.1, 0.15) is 33.6 Å². The van der Waals surface area contributed by atoms with E-state index in [1.807, 2.05) is 7.05 Å². The standard InChI is InChI=1S/C21H30N4O6/c1-23-18(27)7-6-15(14-26)25-20(28)16-4-3-5-17(19(16)21(25)29)31-13-12-30-11-10-24(2)9-8-22/h3-5,14-15H,6-13,22H2,1-2H3,(H,23,27). The van der Waals surface area contributed by atoms with E-state index in [1.165, 1.54) is 13.1 Å². The van der Waals surface area contributed by atoms with Gasteiger partial charge >= 0.3 is 0 Å². The third kappa shape index (κ3) is 6.33. The van der Waals surface area contributed by atoms with Crippen LogP contribution in [0.15, 0.2) is 18.2 Å². The van der Waals surface area contributed by atoms with Gasteiger partial charge in [0.2, 0.25) is 5.91 Å². The maximum Gasteiger partial charge on any atom is 0.265 e. The Hall–Kier alpha value is -2.82. The zero-order chi connectivity index (χ0) is 22.8. The van der Waals surface area contributed by atoms with Crippen LogP contribution in [0.4, 0.5) is 0 Å². The number of fused-ring (bicyclic) bond motifs is 1. The van der Waals surface area contributed by atoms with Crippen molar-refractivity contribution < 1.29 is 28.7 Å². The summed E-state index contributed by atoms with van der Waals surface area (Å²) in [5.41, 5.74) is 5.80. The number of aldehydes is 1. The number of carbonyl (C=O) groups excluding carboxylic acids is 4. The molecule has 1 aromatic rings. The fraction of sp³-hybridized carbons (Fsp3) is 0.524. The second-order valence-corrected chi connectivity index (χ2v) is 7.13. The highest BCUT2D eigenvalue weighted by Gasteiger charge is 2.42. The van der Waals surface area contributed by atoms with Gasteiger partial charge in [-0.15, -0.1) is 0 Å². The molecule has 1 atom stereocenters. The van der Waals surface area contributed by atoms with Gasteiger partial charge in [0.15, 0.2) is 0 Å². The first-order valence-corrected chi connectivity index (χ1v) is 10.2. The minimum atomic E-state index is -1.02. The third-order valence-corrected chi connectivity index (χ3v) is 4.96. The Labute approximate surface area is 181 Å². The van der Waals surface area contributed by atoms with Crippen molar-refractivity contribution in [2.24, 2.45) is 5.73 Å². The first-order chi connectivity index (χ1) is 14.9. The van der Waals surface area contributed by atoms with E-state index in [0.29, 0.717) is 26.0 Å². The molecule has 0 aromatic heterocycles. The minimum Gasteiger partial charge on any atom is -0.490 e. The lowest BCUT2D eigenvalue weighted by Gasteiger charge is -2.21. The van der Waals surface area contributed by atoms with Crippen LogP contribution < -0.4 is 15.8 Å². The maximum absolute atomic E-state index is 12.9. The predicted octanol–water partition coefficient (Wildman–Crippen LogP) is -0.338. The van der Waals surface area contributed by atoms with Crippen LogP contribution in [0.2, 0.25) is 0 Å². The van der Waals surface area contributed by atoms with Gasteiger partial charge in [0, 0.05) is 33.1 Å². The fourth-order valence-corrected chi connectivity index (χ4v) is 3.22. The van der Waals surface area contributed by atoms with Crippen LogP contribution in [0.5, 0.6) is 5.75 Å². The summed E-state index contributed by atoms with van der Waals surface area (Å²) in [6, 6.07) is 3.72. The van der Waals surface area contributed by atoms with Crippen molar-refractivity contribution in [2.45, 2.75) is 18.9 Å². The van der Waals surface area contributed by atoms with Crippen LogP contribution >= 0.6 is 0 Å².